The van der Waals surface area contributed by atoms with Crippen molar-refractivity contribution in [3.05, 3.63) is 92.3 Å². The summed E-state index contributed by atoms with van der Waals surface area (Å²) in [4.78, 5) is 45.0. The number of carbonyl (C=O) groups excluding carboxylic acids is 2. The minimum absolute atomic E-state index is 0.0118. The molecule has 0 aliphatic carbocycles. The fraction of sp³-hybridized carbons (Fsp3) is 0.154. The SMILES string of the molecule is Nc1nc(C(=O)c2c(CCCn3c(C(=O)[O-])cc4ccccc43)[nH]c3c(C(F)(F)F)cccc3c2=O)cs1. The number of hydrogen-bond acceptors (Lipinski definition) is 7. The third-order valence-electron chi connectivity index (χ3n) is 6.23. The molecule has 0 amide bonds. The van der Waals surface area contributed by atoms with E-state index in [1.165, 1.54) is 22.1 Å². The summed E-state index contributed by atoms with van der Waals surface area (Å²) in [6, 6.07) is 11.6. The van der Waals surface area contributed by atoms with Crippen molar-refractivity contribution in [2.24, 2.45) is 0 Å². The topological polar surface area (TPSA) is 134 Å². The van der Waals surface area contributed by atoms with Gasteiger partial charge in [-0.05, 0) is 37.1 Å². The summed E-state index contributed by atoms with van der Waals surface area (Å²) in [7, 11) is 0. The van der Waals surface area contributed by atoms with E-state index in [1.54, 1.807) is 24.3 Å². The minimum atomic E-state index is -4.75. The van der Waals surface area contributed by atoms with Crippen LogP contribution in [0, 0.1) is 0 Å². The molecule has 2 aromatic carbocycles. The summed E-state index contributed by atoms with van der Waals surface area (Å²) in [6.07, 6.45) is -4.59. The molecule has 0 atom stereocenters. The molecule has 3 N–H and O–H groups in total. The highest BCUT2D eigenvalue weighted by molar-refractivity contribution is 7.13. The van der Waals surface area contributed by atoms with Gasteiger partial charge in [-0.1, -0.05) is 24.3 Å². The first-order chi connectivity index (χ1) is 18.1. The number of halogens is 3. The van der Waals surface area contributed by atoms with Gasteiger partial charge >= 0.3 is 6.18 Å². The Bertz CT molecular complexity index is 1790. The number of para-hydroxylation sites is 2. The van der Waals surface area contributed by atoms with Crippen molar-refractivity contribution in [3.63, 3.8) is 0 Å². The molecule has 0 aliphatic rings. The molecular weight excluding hydrogens is 521 g/mol. The molecule has 8 nitrogen and oxygen atoms in total. The van der Waals surface area contributed by atoms with E-state index in [-0.39, 0.29) is 52.5 Å². The molecule has 0 fully saturated rings. The molecule has 0 bridgehead atoms. The minimum Gasteiger partial charge on any atom is -0.543 e. The lowest BCUT2D eigenvalue weighted by Crippen LogP contribution is -2.26. The molecule has 3 aromatic heterocycles. The molecule has 0 spiro atoms. The van der Waals surface area contributed by atoms with Crippen LogP contribution in [0.4, 0.5) is 18.3 Å². The first kappa shape index (κ1) is 25.2. The smallest absolute Gasteiger partial charge is 0.418 e. The van der Waals surface area contributed by atoms with Gasteiger partial charge in [0.1, 0.15) is 5.69 Å². The van der Waals surface area contributed by atoms with Crippen LogP contribution in [0.3, 0.4) is 0 Å². The molecule has 12 heteroatoms. The van der Waals surface area contributed by atoms with Gasteiger partial charge in [-0.15, -0.1) is 11.3 Å². The van der Waals surface area contributed by atoms with Gasteiger partial charge < -0.3 is 25.2 Å². The van der Waals surface area contributed by atoms with E-state index in [0.717, 1.165) is 23.5 Å². The van der Waals surface area contributed by atoms with Gasteiger partial charge in [0.15, 0.2) is 5.13 Å². The number of nitrogen functional groups attached to an aromatic ring is 1. The molecule has 0 saturated carbocycles. The van der Waals surface area contributed by atoms with Crippen LogP contribution < -0.4 is 16.3 Å². The van der Waals surface area contributed by atoms with Crippen molar-refractivity contribution < 1.29 is 27.9 Å². The van der Waals surface area contributed by atoms with Gasteiger partial charge in [-0.3, -0.25) is 9.59 Å². The number of H-pyrrole nitrogens is 1. The first-order valence-corrected chi connectivity index (χ1v) is 12.2. The van der Waals surface area contributed by atoms with E-state index in [0.29, 0.717) is 10.9 Å². The molecule has 5 aromatic rings. The monoisotopic (exact) mass is 539 g/mol. The molecule has 38 heavy (non-hydrogen) atoms. The number of rotatable bonds is 7. The fourth-order valence-corrected chi connectivity index (χ4v) is 5.12. The Morgan fingerprint density at radius 2 is 1.89 bits per heavy atom. The number of hydrogen-bond donors (Lipinski definition) is 2. The molecule has 0 saturated heterocycles. The molecule has 3 heterocycles. The van der Waals surface area contributed by atoms with Gasteiger partial charge in [0.2, 0.25) is 11.2 Å². The number of alkyl halides is 3. The number of pyridine rings is 1. The number of anilines is 1. The number of carboxylic acid groups (broad SMARTS) is 1. The van der Waals surface area contributed by atoms with E-state index in [1.807, 2.05) is 0 Å². The van der Waals surface area contributed by atoms with Crippen molar-refractivity contribution in [2.45, 2.75) is 25.6 Å². The van der Waals surface area contributed by atoms with Gasteiger partial charge in [-0.25, -0.2) is 4.98 Å². The third kappa shape index (κ3) is 4.43. The second kappa shape index (κ2) is 9.45. The molecule has 0 radical (unpaired) electrons. The van der Waals surface area contributed by atoms with Gasteiger partial charge in [-0.2, -0.15) is 13.2 Å². The second-order valence-electron chi connectivity index (χ2n) is 8.56. The van der Waals surface area contributed by atoms with Crippen molar-refractivity contribution in [1.82, 2.24) is 14.5 Å². The molecule has 194 valence electrons. The summed E-state index contributed by atoms with van der Waals surface area (Å²) in [6.45, 7) is 0.134. The maximum atomic E-state index is 13.7. The zero-order chi connectivity index (χ0) is 27.2. The Hall–Kier alpha value is -4.45. The van der Waals surface area contributed by atoms with Crippen LogP contribution in [0.1, 0.15) is 44.2 Å². The van der Waals surface area contributed by atoms with Crippen LogP contribution in [0.5, 0.6) is 0 Å². The summed E-state index contributed by atoms with van der Waals surface area (Å²) >= 11 is 0.990. The number of carbonyl (C=O) groups is 2. The summed E-state index contributed by atoms with van der Waals surface area (Å²) in [5, 5.41) is 13.6. The summed E-state index contributed by atoms with van der Waals surface area (Å²) in [5.41, 5.74) is 3.43. The standard InChI is InChI=1S/C26H19F3N4O4S/c27-26(28,29)15-7-3-6-14-21(15)31-16(20(22(14)34)23(35)17-12-38-25(30)32-17)8-4-10-33-18-9-2-1-5-13(18)11-19(33)24(36)37/h1-3,5-7,9,11-12H,4,8,10H2,(H2,30,32)(H,31,34)(H,36,37)/p-1. The Kier molecular flexibility index (Phi) is 6.27. The van der Waals surface area contributed by atoms with Crippen LogP contribution in [0.15, 0.2) is 58.7 Å². The molecular formula is C26H18F3N4O4S-. The maximum Gasteiger partial charge on any atom is 0.418 e. The lowest BCUT2D eigenvalue weighted by Gasteiger charge is -2.15. The number of nitrogens with two attached hydrogens (primary N) is 1. The number of ketones is 1. The highest BCUT2D eigenvalue weighted by atomic mass is 32.1. The highest BCUT2D eigenvalue weighted by Crippen LogP contribution is 2.34. The van der Waals surface area contributed by atoms with Gasteiger partial charge in [0, 0.05) is 33.9 Å². The third-order valence-corrected chi connectivity index (χ3v) is 6.90. The maximum absolute atomic E-state index is 13.7. The van der Waals surface area contributed by atoms with Crippen molar-refractivity contribution in [2.75, 3.05) is 5.73 Å². The van der Waals surface area contributed by atoms with Crippen molar-refractivity contribution >= 4 is 50.0 Å². The average molecular weight is 540 g/mol. The number of fused-ring (bicyclic) bond motifs is 2. The predicted molar refractivity (Wildman–Crippen MR) is 134 cm³/mol. The largest absolute Gasteiger partial charge is 0.543 e. The van der Waals surface area contributed by atoms with E-state index in [9.17, 15) is 32.7 Å². The number of thiazole rings is 1. The van der Waals surface area contributed by atoms with Gasteiger partial charge in [0.25, 0.3) is 0 Å². The summed E-state index contributed by atoms with van der Waals surface area (Å²) < 4.78 is 42.7. The highest BCUT2D eigenvalue weighted by Gasteiger charge is 2.34. The number of nitrogens with one attached hydrogen (secondary N) is 1. The number of aromatic amines is 1. The second-order valence-corrected chi connectivity index (χ2v) is 9.45. The Morgan fingerprint density at radius 3 is 2.58 bits per heavy atom. The number of carboxylic acids is 1. The van der Waals surface area contributed by atoms with E-state index < -0.39 is 34.4 Å². The lowest BCUT2D eigenvalue weighted by atomic mass is 9.98. The van der Waals surface area contributed by atoms with Gasteiger partial charge in [0.05, 0.1) is 28.3 Å². The Balaban J connectivity index is 1.60. The fourth-order valence-electron chi connectivity index (χ4n) is 4.58. The lowest BCUT2D eigenvalue weighted by molar-refractivity contribution is -0.255. The van der Waals surface area contributed by atoms with E-state index in [2.05, 4.69) is 9.97 Å². The first-order valence-electron chi connectivity index (χ1n) is 11.4. The van der Waals surface area contributed by atoms with Crippen LogP contribution in [0.2, 0.25) is 0 Å². The molecule has 5 rings (SSSR count). The Labute approximate surface area is 216 Å². The zero-order valence-electron chi connectivity index (χ0n) is 19.5. The Morgan fingerprint density at radius 1 is 1.13 bits per heavy atom. The number of nitrogens with zero attached hydrogens (tertiary/aromatic N) is 2. The van der Waals surface area contributed by atoms with E-state index >= 15 is 0 Å². The van der Waals surface area contributed by atoms with Crippen molar-refractivity contribution in [1.29, 1.82) is 0 Å². The number of aromatic carboxylic acids is 1. The van der Waals surface area contributed by atoms with Crippen LogP contribution in [0.25, 0.3) is 21.8 Å². The quantitative estimate of drug-likeness (QED) is 0.303. The van der Waals surface area contributed by atoms with E-state index in [4.69, 9.17) is 5.73 Å². The average Bonchev–Trinajstić information content (AvgIpc) is 3.47. The number of benzene rings is 2. The predicted octanol–water partition coefficient (Wildman–Crippen LogP) is 3.77. The van der Waals surface area contributed by atoms with Crippen molar-refractivity contribution in [3.8, 4) is 0 Å². The summed E-state index contributed by atoms with van der Waals surface area (Å²) in [5.74, 6) is -2.15. The van der Waals surface area contributed by atoms with Crippen LogP contribution in [-0.4, -0.2) is 26.3 Å². The number of aryl methyl sites for hydroxylation is 2. The zero-order valence-corrected chi connectivity index (χ0v) is 20.3. The normalized spacial score (nSPS) is 11.9. The number of aromatic nitrogens is 3. The molecule has 0 aliphatic heterocycles. The van der Waals surface area contributed by atoms with Crippen LogP contribution in [-0.2, 0) is 19.1 Å². The van der Waals surface area contributed by atoms with Crippen LogP contribution >= 0.6 is 11.3 Å². The molecule has 0 unspecified atom stereocenters.